The molecule has 0 bridgehead atoms. The number of aromatic nitrogens is 1. The van der Waals surface area contributed by atoms with Crippen molar-refractivity contribution >= 4 is 72.9 Å². The molecule has 11 rings (SSSR count). The van der Waals surface area contributed by atoms with Crippen molar-refractivity contribution in [1.29, 1.82) is 0 Å². The van der Waals surface area contributed by atoms with Gasteiger partial charge in [-0.15, -0.1) is 0 Å². The number of hydrogen-bond donors (Lipinski definition) is 0. The first-order valence-corrected chi connectivity index (χ1v) is 16.3. The van der Waals surface area contributed by atoms with E-state index in [9.17, 15) is 0 Å². The van der Waals surface area contributed by atoms with Crippen molar-refractivity contribution in [1.82, 2.24) is 4.57 Å². The molecule has 4 heteroatoms. The topological polar surface area (TPSA) is 21.3 Å². The van der Waals surface area contributed by atoms with Crippen molar-refractivity contribution in [2.24, 2.45) is 0 Å². The Bertz CT molecular complexity index is 2760. The standard InChI is InChI=1S/C43H27BN2O/c1-26-22-35-34-24-29-12-5-6-13-30(29)25-37(34)46(31-20-18-28(19-21-31)27-10-3-2-4-11-27)44-36-16-9-15-33-40-32-14-7-8-17-39(32)47-43(40)45(42(33)36)38(23-26)41(35)44/h2-25H,1H3. The second kappa shape index (κ2) is 9.05. The summed E-state index contributed by atoms with van der Waals surface area (Å²) in [6, 6.07) is 53.3. The predicted octanol–water partition coefficient (Wildman–Crippen LogP) is 9.90. The Labute approximate surface area is 272 Å². The smallest absolute Gasteiger partial charge is 0.333 e. The second-order valence-corrected chi connectivity index (χ2v) is 13.0. The lowest BCUT2D eigenvalue weighted by Gasteiger charge is -2.42. The summed E-state index contributed by atoms with van der Waals surface area (Å²) in [5.74, 6) is 0. The summed E-state index contributed by atoms with van der Waals surface area (Å²) < 4.78 is 9.12. The highest BCUT2D eigenvalue weighted by molar-refractivity contribution is 6.93. The van der Waals surface area contributed by atoms with E-state index in [0.29, 0.717) is 0 Å². The molecule has 2 aromatic heterocycles. The third-order valence-electron chi connectivity index (χ3n) is 10.4. The van der Waals surface area contributed by atoms with Crippen molar-refractivity contribution in [3.05, 3.63) is 151 Å². The number of nitrogens with zero attached hydrogens (tertiary/aromatic N) is 2. The quantitative estimate of drug-likeness (QED) is 0.185. The van der Waals surface area contributed by atoms with E-state index in [1.807, 2.05) is 0 Å². The zero-order chi connectivity index (χ0) is 30.8. The van der Waals surface area contributed by atoms with Gasteiger partial charge in [-0.05, 0) is 87.3 Å². The SMILES string of the molecule is Cc1cc2c3c(c1)-n1c4oc5ccccc5c4c4cccc(c41)B3N(c1ccc(-c3ccccc3)cc1)c1cc3ccccc3cc1-2. The lowest BCUT2D eigenvalue weighted by atomic mass is 9.44. The fourth-order valence-electron chi connectivity index (χ4n) is 8.43. The molecule has 3 nitrogen and oxygen atoms in total. The molecule has 0 radical (unpaired) electrons. The monoisotopic (exact) mass is 598 g/mol. The minimum absolute atomic E-state index is 0.0155. The molecule has 0 fully saturated rings. The van der Waals surface area contributed by atoms with Gasteiger partial charge in [0.2, 0.25) is 5.71 Å². The predicted molar refractivity (Wildman–Crippen MR) is 197 cm³/mol. The number of aryl methyl sites for hydroxylation is 1. The van der Waals surface area contributed by atoms with E-state index in [1.165, 1.54) is 82.9 Å². The molecule has 0 N–H and O–H groups in total. The average molecular weight is 599 g/mol. The van der Waals surface area contributed by atoms with Crippen molar-refractivity contribution in [3.63, 3.8) is 0 Å². The highest BCUT2D eigenvalue weighted by atomic mass is 16.3. The van der Waals surface area contributed by atoms with E-state index >= 15 is 0 Å². The molecule has 0 spiro atoms. The molecule has 47 heavy (non-hydrogen) atoms. The minimum Gasteiger partial charge on any atom is -0.439 e. The van der Waals surface area contributed by atoms with Gasteiger partial charge in [0.25, 0.3) is 0 Å². The van der Waals surface area contributed by atoms with Gasteiger partial charge >= 0.3 is 6.85 Å². The molecule has 218 valence electrons. The molecule has 9 aromatic rings. The number of hydrogen-bond acceptors (Lipinski definition) is 2. The fraction of sp³-hybridized carbons (Fsp3) is 0.0233. The van der Waals surface area contributed by atoms with Crippen LogP contribution in [0.15, 0.2) is 150 Å². The maximum atomic E-state index is 6.72. The Kier molecular flexibility index (Phi) is 4.86. The minimum atomic E-state index is -0.0155. The van der Waals surface area contributed by atoms with Gasteiger partial charge in [0, 0.05) is 33.4 Å². The van der Waals surface area contributed by atoms with Crippen LogP contribution in [0, 0.1) is 6.92 Å². The summed E-state index contributed by atoms with van der Waals surface area (Å²) in [5.41, 5.74) is 15.5. The van der Waals surface area contributed by atoms with Crippen LogP contribution in [-0.2, 0) is 0 Å². The normalized spacial score (nSPS) is 13.1. The van der Waals surface area contributed by atoms with Crippen molar-refractivity contribution < 1.29 is 4.42 Å². The molecule has 0 aliphatic carbocycles. The van der Waals surface area contributed by atoms with Crippen LogP contribution in [0.1, 0.15) is 5.56 Å². The van der Waals surface area contributed by atoms with E-state index in [4.69, 9.17) is 4.42 Å². The van der Waals surface area contributed by atoms with Gasteiger partial charge in [0.15, 0.2) is 0 Å². The fourth-order valence-corrected chi connectivity index (χ4v) is 8.43. The maximum Gasteiger partial charge on any atom is 0.333 e. The molecule has 2 aliphatic heterocycles. The van der Waals surface area contributed by atoms with Crippen molar-refractivity contribution in [3.8, 4) is 27.9 Å². The van der Waals surface area contributed by atoms with Gasteiger partial charge < -0.3 is 9.23 Å². The van der Waals surface area contributed by atoms with E-state index in [2.05, 4.69) is 162 Å². The van der Waals surface area contributed by atoms with Crippen LogP contribution >= 0.6 is 0 Å². The molecular formula is C43H27BN2O. The molecule has 7 aromatic carbocycles. The van der Waals surface area contributed by atoms with Gasteiger partial charge in [-0.1, -0.05) is 109 Å². The zero-order valence-corrected chi connectivity index (χ0v) is 25.7. The van der Waals surface area contributed by atoms with Gasteiger partial charge in [-0.25, -0.2) is 0 Å². The lowest BCUT2D eigenvalue weighted by molar-refractivity contribution is 0.645. The summed E-state index contributed by atoms with van der Waals surface area (Å²) in [7, 11) is 0. The van der Waals surface area contributed by atoms with Crippen LogP contribution in [0.3, 0.4) is 0 Å². The van der Waals surface area contributed by atoms with Crippen LogP contribution in [-0.4, -0.2) is 11.4 Å². The number of fused-ring (bicyclic) bond motifs is 10. The molecule has 0 amide bonds. The van der Waals surface area contributed by atoms with Gasteiger partial charge in [0.05, 0.1) is 10.9 Å². The van der Waals surface area contributed by atoms with Gasteiger partial charge in [-0.2, -0.15) is 0 Å². The number of anilines is 2. The van der Waals surface area contributed by atoms with Crippen molar-refractivity contribution in [2.75, 3.05) is 4.81 Å². The van der Waals surface area contributed by atoms with E-state index < -0.39 is 0 Å². The lowest BCUT2D eigenvalue weighted by Crippen LogP contribution is -2.60. The Hall–Kier alpha value is -6.00. The second-order valence-electron chi connectivity index (χ2n) is 13.0. The van der Waals surface area contributed by atoms with Gasteiger partial charge in [0.1, 0.15) is 5.58 Å². The van der Waals surface area contributed by atoms with Crippen LogP contribution in [0.25, 0.3) is 71.7 Å². The molecule has 0 saturated carbocycles. The third kappa shape index (κ3) is 3.32. The van der Waals surface area contributed by atoms with E-state index in [-0.39, 0.29) is 6.85 Å². The maximum absolute atomic E-state index is 6.72. The molecule has 0 atom stereocenters. The molecule has 4 heterocycles. The Morgan fingerprint density at radius 1 is 0.574 bits per heavy atom. The third-order valence-corrected chi connectivity index (χ3v) is 10.4. The zero-order valence-electron chi connectivity index (χ0n) is 25.7. The first kappa shape index (κ1) is 25.2. The first-order valence-electron chi connectivity index (χ1n) is 16.3. The van der Waals surface area contributed by atoms with Crippen LogP contribution < -0.4 is 15.7 Å². The van der Waals surface area contributed by atoms with Gasteiger partial charge in [-0.3, -0.25) is 4.57 Å². The number of furan rings is 1. The highest BCUT2D eigenvalue weighted by Gasteiger charge is 2.44. The highest BCUT2D eigenvalue weighted by Crippen LogP contribution is 2.47. The summed E-state index contributed by atoms with van der Waals surface area (Å²) in [5, 5.41) is 6.08. The number of benzene rings is 7. The summed E-state index contributed by atoms with van der Waals surface area (Å²) in [6.07, 6.45) is 0. The molecule has 0 unspecified atom stereocenters. The number of para-hydroxylation sites is 2. The summed E-state index contributed by atoms with van der Waals surface area (Å²) >= 11 is 0. The Morgan fingerprint density at radius 3 is 2.15 bits per heavy atom. The summed E-state index contributed by atoms with van der Waals surface area (Å²) in [6.45, 7) is 2.21. The molecule has 2 aliphatic rings. The number of rotatable bonds is 2. The average Bonchev–Trinajstić information content (AvgIpc) is 3.65. The molecule has 0 saturated heterocycles. The largest absolute Gasteiger partial charge is 0.439 e. The van der Waals surface area contributed by atoms with E-state index in [0.717, 1.165) is 16.7 Å². The Morgan fingerprint density at radius 2 is 1.30 bits per heavy atom. The summed E-state index contributed by atoms with van der Waals surface area (Å²) in [4.78, 5) is 2.59. The van der Waals surface area contributed by atoms with Crippen LogP contribution in [0.4, 0.5) is 11.4 Å². The van der Waals surface area contributed by atoms with Crippen molar-refractivity contribution in [2.45, 2.75) is 6.92 Å². The van der Waals surface area contributed by atoms with Crippen LogP contribution in [0.2, 0.25) is 0 Å². The van der Waals surface area contributed by atoms with Crippen LogP contribution in [0.5, 0.6) is 0 Å². The van der Waals surface area contributed by atoms with E-state index in [1.54, 1.807) is 0 Å². The first-order chi connectivity index (χ1) is 23.2. The molecular weight excluding hydrogens is 571 g/mol. The Balaban J connectivity index is 1.27.